The van der Waals surface area contributed by atoms with Crippen LogP contribution in [0.1, 0.15) is 0 Å². The number of sulfonamides is 1. The van der Waals surface area contributed by atoms with E-state index in [2.05, 4.69) is 20.1 Å². The fraction of sp³-hybridized carbons (Fsp3) is 0. The number of aromatic nitrogens is 3. The molecule has 0 saturated carbocycles. The van der Waals surface area contributed by atoms with E-state index in [-0.39, 0.29) is 10.8 Å². The maximum Gasteiger partial charge on any atom is 0.281 e. The zero-order valence-corrected chi connectivity index (χ0v) is 11.6. The van der Waals surface area contributed by atoms with Crippen molar-refractivity contribution in [1.29, 1.82) is 0 Å². The molecule has 108 valence electrons. The van der Waals surface area contributed by atoms with Crippen LogP contribution in [0.5, 0.6) is 0 Å². The minimum absolute atomic E-state index is 0.0653. The van der Waals surface area contributed by atoms with Gasteiger partial charge >= 0.3 is 0 Å². The Morgan fingerprint density at radius 1 is 1.19 bits per heavy atom. The summed E-state index contributed by atoms with van der Waals surface area (Å²) < 4.78 is 29.0. The maximum atomic E-state index is 12.6. The Bertz CT molecular complexity index is 875. The van der Waals surface area contributed by atoms with Gasteiger partial charge < -0.3 is 5.43 Å². The number of nitrogen functional groups attached to an aromatic ring is 1. The van der Waals surface area contributed by atoms with E-state index >= 15 is 0 Å². The summed E-state index contributed by atoms with van der Waals surface area (Å²) in [5.41, 5.74) is 3.13. The third kappa shape index (κ3) is 2.39. The Balaban J connectivity index is 2.14. The fourth-order valence-electron chi connectivity index (χ4n) is 1.95. The van der Waals surface area contributed by atoms with Gasteiger partial charge in [0.15, 0.2) is 5.82 Å². The van der Waals surface area contributed by atoms with Gasteiger partial charge in [0, 0.05) is 12.4 Å². The van der Waals surface area contributed by atoms with Crippen molar-refractivity contribution in [2.45, 2.75) is 5.03 Å². The molecule has 0 aliphatic heterocycles. The number of fused-ring (bicyclic) bond motifs is 1. The van der Waals surface area contributed by atoms with E-state index in [4.69, 9.17) is 5.84 Å². The lowest BCUT2D eigenvalue weighted by molar-refractivity contribution is 0.597. The predicted molar refractivity (Wildman–Crippen MR) is 78.0 cm³/mol. The standard InChI is InChI=1S/C12H12N6O2S/c13-16-11-12(18-7-2-1-5-10(18)15-11)21(19,20)17-9-4-3-6-14-8-9/h1-8,16-17H,13H2. The van der Waals surface area contributed by atoms with E-state index in [1.54, 1.807) is 42.7 Å². The summed E-state index contributed by atoms with van der Waals surface area (Å²) in [6.45, 7) is 0. The number of hydrogen-bond acceptors (Lipinski definition) is 6. The molecule has 0 fully saturated rings. The highest BCUT2D eigenvalue weighted by molar-refractivity contribution is 7.92. The molecular weight excluding hydrogens is 292 g/mol. The second-order valence-electron chi connectivity index (χ2n) is 4.19. The number of hydrogen-bond donors (Lipinski definition) is 3. The van der Waals surface area contributed by atoms with Crippen LogP contribution >= 0.6 is 0 Å². The first kappa shape index (κ1) is 13.3. The lowest BCUT2D eigenvalue weighted by Gasteiger charge is -2.08. The van der Waals surface area contributed by atoms with Crippen molar-refractivity contribution in [2.75, 3.05) is 10.1 Å². The number of imidazole rings is 1. The molecule has 0 unspecified atom stereocenters. The SMILES string of the molecule is NNc1nc2ccccn2c1S(=O)(=O)Nc1cccnc1. The molecule has 0 atom stereocenters. The summed E-state index contributed by atoms with van der Waals surface area (Å²) >= 11 is 0. The molecule has 3 aromatic heterocycles. The average Bonchev–Trinajstić information content (AvgIpc) is 2.87. The van der Waals surface area contributed by atoms with Crippen LogP contribution in [0.2, 0.25) is 0 Å². The first-order valence-electron chi connectivity index (χ1n) is 5.98. The van der Waals surface area contributed by atoms with Crippen LogP contribution in [0.3, 0.4) is 0 Å². The monoisotopic (exact) mass is 304 g/mol. The number of hydrazine groups is 1. The van der Waals surface area contributed by atoms with Crippen LogP contribution in [-0.2, 0) is 10.0 Å². The van der Waals surface area contributed by atoms with E-state index in [1.807, 2.05) is 0 Å². The molecular formula is C12H12N6O2S. The van der Waals surface area contributed by atoms with Crippen LogP contribution in [-0.4, -0.2) is 22.8 Å². The van der Waals surface area contributed by atoms with Crippen molar-refractivity contribution in [3.05, 3.63) is 48.9 Å². The van der Waals surface area contributed by atoms with Gasteiger partial charge in [0.25, 0.3) is 10.0 Å². The highest BCUT2D eigenvalue weighted by atomic mass is 32.2. The number of nitrogens with one attached hydrogen (secondary N) is 2. The summed E-state index contributed by atoms with van der Waals surface area (Å²) in [4.78, 5) is 8.00. The van der Waals surface area contributed by atoms with Crippen LogP contribution in [0, 0.1) is 0 Å². The van der Waals surface area contributed by atoms with E-state index in [0.29, 0.717) is 11.3 Å². The summed E-state index contributed by atoms with van der Waals surface area (Å²) in [5, 5.41) is -0.0653. The lowest BCUT2D eigenvalue weighted by Crippen LogP contribution is -2.19. The number of nitrogens with two attached hydrogens (primary N) is 1. The third-order valence-corrected chi connectivity index (χ3v) is 4.19. The van der Waals surface area contributed by atoms with Crippen LogP contribution < -0.4 is 16.0 Å². The highest BCUT2D eigenvalue weighted by Gasteiger charge is 2.25. The normalized spacial score (nSPS) is 11.5. The maximum absolute atomic E-state index is 12.6. The Hall–Kier alpha value is -2.65. The Kier molecular flexibility index (Phi) is 3.20. The highest BCUT2D eigenvalue weighted by Crippen LogP contribution is 2.24. The van der Waals surface area contributed by atoms with Crippen molar-refractivity contribution >= 4 is 27.2 Å². The molecule has 8 nitrogen and oxygen atoms in total. The van der Waals surface area contributed by atoms with Crippen LogP contribution in [0.25, 0.3) is 5.65 Å². The molecule has 3 heterocycles. The van der Waals surface area contributed by atoms with E-state index < -0.39 is 10.0 Å². The Morgan fingerprint density at radius 2 is 2.05 bits per heavy atom. The Labute approximate surface area is 120 Å². The molecule has 0 aromatic carbocycles. The minimum atomic E-state index is -3.87. The molecule has 21 heavy (non-hydrogen) atoms. The zero-order chi connectivity index (χ0) is 14.9. The molecule has 3 rings (SSSR count). The van der Waals surface area contributed by atoms with Gasteiger partial charge in [-0.3, -0.25) is 14.1 Å². The van der Waals surface area contributed by atoms with E-state index in [9.17, 15) is 8.42 Å². The van der Waals surface area contributed by atoms with Crippen molar-refractivity contribution < 1.29 is 8.42 Å². The third-order valence-electron chi connectivity index (χ3n) is 2.79. The zero-order valence-electron chi connectivity index (χ0n) is 10.8. The molecule has 0 radical (unpaired) electrons. The van der Waals surface area contributed by atoms with Gasteiger partial charge in [-0.15, -0.1) is 0 Å². The average molecular weight is 304 g/mol. The summed E-state index contributed by atoms with van der Waals surface area (Å²) in [6, 6.07) is 8.38. The topological polar surface area (TPSA) is 114 Å². The van der Waals surface area contributed by atoms with Crippen LogP contribution in [0.15, 0.2) is 53.9 Å². The smallest absolute Gasteiger partial charge is 0.281 e. The van der Waals surface area contributed by atoms with Gasteiger partial charge in [0.05, 0.1) is 11.9 Å². The van der Waals surface area contributed by atoms with Crippen molar-refractivity contribution in [3.8, 4) is 0 Å². The molecule has 0 aliphatic carbocycles. The molecule has 3 aromatic rings. The largest absolute Gasteiger partial charge is 0.306 e. The molecule has 0 aliphatic rings. The molecule has 0 spiro atoms. The lowest BCUT2D eigenvalue weighted by atomic mass is 10.4. The van der Waals surface area contributed by atoms with Gasteiger partial charge in [-0.1, -0.05) is 6.07 Å². The molecule has 4 N–H and O–H groups in total. The quantitative estimate of drug-likeness (QED) is 0.485. The first-order valence-corrected chi connectivity index (χ1v) is 7.47. The van der Waals surface area contributed by atoms with Crippen molar-refractivity contribution in [1.82, 2.24) is 14.4 Å². The van der Waals surface area contributed by atoms with Gasteiger partial charge in [-0.2, -0.15) is 8.42 Å². The molecule has 9 heteroatoms. The molecule has 0 saturated heterocycles. The number of rotatable bonds is 4. The molecule has 0 bridgehead atoms. The fourth-order valence-corrected chi connectivity index (χ4v) is 3.25. The second kappa shape index (κ2) is 5.04. The van der Waals surface area contributed by atoms with E-state index in [1.165, 1.54) is 10.6 Å². The Morgan fingerprint density at radius 3 is 2.76 bits per heavy atom. The van der Waals surface area contributed by atoms with Crippen LogP contribution in [0.4, 0.5) is 11.5 Å². The van der Waals surface area contributed by atoms with Gasteiger partial charge in [-0.05, 0) is 24.3 Å². The van der Waals surface area contributed by atoms with Gasteiger partial charge in [0.2, 0.25) is 5.03 Å². The number of pyridine rings is 2. The summed E-state index contributed by atoms with van der Waals surface area (Å²) in [5.74, 6) is 5.44. The predicted octanol–water partition coefficient (Wildman–Crippen LogP) is 0.816. The summed E-state index contributed by atoms with van der Waals surface area (Å²) in [7, 11) is -3.87. The van der Waals surface area contributed by atoms with Crippen molar-refractivity contribution in [3.63, 3.8) is 0 Å². The van der Waals surface area contributed by atoms with Gasteiger partial charge in [-0.25, -0.2) is 10.8 Å². The first-order chi connectivity index (χ1) is 10.1. The molecule has 0 amide bonds. The number of nitrogens with zero attached hydrogens (tertiary/aromatic N) is 3. The van der Waals surface area contributed by atoms with E-state index in [0.717, 1.165) is 0 Å². The van der Waals surface area contributed by atoms with Crippen molar-refractivity contribution in [2.24, 2.45) is 5.84 Å². The van der Waals surface area contributed by atoms with Gasteiger partial charge in [0.1, 0.15) is 5.65 Å². The minimum Gasteiger partial charge on any atom is -0.306 e. The number of anilines is 2. The summed E-state index contributed by atoms with van der Waals surface area (Å²) in [6.07, 6.45) is 4.57. The second-order valence-corrected chi connectivity index (χ2v) is 5.78.